The third-order valence-electron chi connectivity index (χ3n) is 8.61. The van der Waals surface area contributed by atoms with Gasteiger partial charge in [-0.1, -0.05) is 39.3 Å². The molecule has 0 aromatic rings. The third kappa shape index (κ3) is 15.7. The van der Waals surface area contributed by atoms with Crippen molar-refractivity contribution in [3.8, 4) is 0 Å². The van der Waals surface area contributed by atoms with Gasteiger partial charge in [-0.3, -0.25) is 47.9 Å². The van der Waals surface area contributed by atoms with Crippen LogP contribution in [0.25, 0.3) is 0 Å². The second-order valence-corrected chi connectivity index (χ2v) is 14.0. The van der Waals surface area contributed by atoms with E-state index in [9.17, 15) is 53.1 Å². The minimum Gasteiger partial charge on any atom is -0.481 e. The molecular formula is C35H55N7O12. The Hall–Kier alpha value is -5.36. The van der Waals surface area contributed by atoms with Crippen LogP contribution in [0.2, 0.25) is 0 Å². The number of primary amides is 1. The van der Waals surface area contributed by atoms with Crippen LogP contribution in [-0.4, -0.2) is 107 Å². The molecule has 54 heavy (non-hydrogen) atoms. The van der Waals surface area contributed by atoms with Crippen LogP contribution in [0.4, 0.5) is 0 Å². The zero-order valence-electron chi connectivity index (χ0n) is 31.7. The monoisotopic (exact) mass is 765 g/mol. The van der Waals surface area contributed by atoms with E-state index in [4.69, 9.17) is 10.5 Å². The van der Waals surface area contributed by atoms with E-state index >= 15 is 0 Å². The highest BCUT2D eigenvalue weighted by atomic mass is 16.5. The molecule has 1 aliphatic carbocycles. The number of hydrogen-bond acceptors (Lipinski definition) is 11. The molecule has 1 rings (SSSR count). The predicted octanol–water partition coefficient (Wildman–Crippen LogP) is -1.38. The summed E-state index contributed by atoms with van der Waals surface area (Å²) in [5.41, 5.74) is 3.79. The highest BCUT2D eigenvalue weighted by Crippen LogP contribution is 2.29. The third-order valence-corrected chi connectivity index (χ3v) is 8.61. The standard InChI is InChI=1S/C35H55N7O12/c1-8-15-54-26(46)14-13-23(29(36)48)40-31(50)24(16-25(44)45)41-33(52)28(47)19(4)37-30(49)20(5)38-34(53)35(7,17-18(2)3)42-32(51)27(39-21(6)43)22-11-9-10-12-22/h8,18-20,22-24,27H,1,9-17H2,2-7H3,(H2,36,48)(H,37,49)(H,38,53)(H,39,43)(H,40,50)(H,41,52)(H,42,51)(H,44,45)/t19-,20-,23-,24-,27-,35-/m0/s1. The molecule has 0 unspecified atom stereocenters. The lowest BCUT2D eigenvalue weighted by atomic mass is 9.88. The van der Waals surface area contributed by atoms with Gasteiger partial charge in [-0.25, -0.2) is 0 Å². The van der Waals surface area contributed by atoms with Gasteiger partial charge in [0.15, 0.2) is 0 Å². The topological polar surface area (TPSA) is 298 Å². The van der Waals surface area contributed by atoms with Gasteiger partial charge in [-0.2, -0.15) is 0 Å². The zero-order valence-corrected chi connectivity index (χ0v) is 31.7. The van der Waals surface area contributed by atoms with E-state index < -0.39 is 101 Å². The van der Waals surface area contributed by atoms with E-state index in [1.165, 1.54) is 26.8 Å². The fourth-order valence-electron chi connectivity index (χ4n) is 5.95. The first-order valence-corrected chi connectivity index (χ1v) is 17.7. The summed E-state index contributed by atoms with van der Waals surface area (Å²) in [6.07, 6.45) is 3.07. The molecule has 0 spiro atoms. The number of nitrogens with two attached hydrogens (primary N) is 1. The van der Waals surface area contributed by atoms with Crippen LogP contribution in [0, 0.1) is 11.8 Å². The molecule has 0 aromatic carbocycles. The molecule has 7 amide bonds. The molecule has 302 valence electrons. The summed E-state index contributed by atoms with van der Waals surface area (Å²) in [4.78, 5) is 126. The number of aliphatic carboxylic acids is 1. The molecule has 0 aromatic heterocycles. The van der Waals surface area contributed by atoms with Crippen LogP contribution < -0.4 is 37.6 Å². The Morgan fingerprint density at radius 1 is 0.852 bits per heavy atom. The number of nitrogens with one attached hydrogen (secondary N) is 6. The predicted molar refractivity (Wildman–Crippen MR) is 191 cm³/mol. The largest absolute Gasteiger partial charge is 0.481 e. The molecule has 0 saturated heterocycles. The first-order chi connectivity index (χ1) is 25.1. The number of rotatable bonds is 23. The van der Waals surface area contributed by atoms with Crippen LogP contribution >= 0.6 is 0 Å². The Morgan fingerprint density at radius 2 is 1.46 bits per heavy atom. The molecule has 1 aliphatic rings. The number of carboxylic acid groups (broad SMARTS) is 1. The number of Topliss-reactive ketones (excluding diaryl/α,β-unsaturated/α-hetero) is 1. The Morgan fingerprint density at radius 3 is 1.98 bits per heavy atom. The molecule has 1 fully saturated rings. The van der Waals surface area contributed by atoms with Gasteiger partial charge in [-0.05, 0) is 58.3 Å². The van der Waals surface area contributed by atoms with E-state index in [1.54, 1.807) is 0 Å². The van der Waals surface area contributed by atoms with E-state index in [0.29, 0.717) is 0 Å². The minimum absolute atomic E-state index is 0.0908. The van der Waals surface area contributed by atoms with Crippen molar-refractivity contribution in [1.82, 2.24) is 31.9 Å². The molecule has 1 saturated carbocycles. The van der Waals surface area contributed by atoms with E-state index in [2.05, 4.69) is 33.2 Å². The van der Waals surface area contributed by atoms with Crippen molar-refractivity contribution in [3.05, 3.63) is 12.7 Å². The first kappa shape index (κ1) is 46.7. The maximum absolute atomic E-state index is 13.6. The lowest BCUT2D eigenvalue weighted by Gasteiger charge is -2.35. The molecule has 9 N–H and O–H groups in total. The Kier molecular flexibility index (Phi) is 19.0. The van der Waals surface area contributed by atoms with E-state index in [0.717, 1.165) is 32.6 Å². The summed E-state index contributed by atoms with van der Waals surface area (Å²) in [6.45, 7) is 12.2. The Balaban J connectivity index is 2.97. The number of carbonyl (C=O) groups excluding carboxylic acids is 9. The van der Waals surface area contributed by atoms with Crippen LogP contribution in [0.3, 0.4) is 0 Å². The summed E-state index contributed by atoms with van der Waals surface area (Å²) >= 11 is 0. The smallest absolute Gasteiger partial charge is 0.306 e. The summed E-state index contributed by atoms with van der Waals surface area (Å²) in [6, 6.07) is -7.01. The van der Waals surface area contributed by atoms with Crippen molar-refractivity contribution in [2.45, 2.75) is 129 Å². The number of carbonyl (C=O) groups is 10. The lowest BCUT2D eigenvalue weighted by Crippen LogP contribution is -2.64. The molecule has 0 bridgehead atoms. The number of esters is 1. The van der Waals surface area contributed by atoms with E-state index in [1.807, 2.05) is 19.2 Å². The number of amides is 7. The van der Waals surface area contributed by atoms with Crippen LogP contribution in [-0.2, 0) is 52.7 Å². The van der Waals surface area contributed by atoms with Gasteiger partial charge < -0.3 is 47.5 Å². The fourth-order valence-corrected chi connectivity index (χ4v) is 5.95. The van der Waals surface area contributed by atoms with Crippen molar-refractivity contribution in [3.63, 3.8) is 0 Å². The van der Waals surface area contributed by atoms with Gasteiger partial charge in [0.2, 0.25) is 41.2 Å². The SMILES string of the molecule is C=CCOC(=O)CC[C@H](NC(=O)[C@H](CC(=O)O)NC(=O)C(=O)[C@H](C)NC(=O)[C@H](C)NC(=O)[C@](C)(CC(C)C)NC(=O)[C@@H](NC(C)=O)C1CCCC1)C(N)=O. The summed E-state index contributed by atoms with van der Waals surface area (Å²) in [5.74, 6) is -10.0. The second kappa shape index (κ2) is 22.0. The van der Waals surface area contributed by atoms with Crippen molar-refractivity contribution in [2.24, 2.45) is 17.6 Å². The quantitative estimate of drug-likeness (QED) is 0.0339. The molecule has 19 heteroatoms. The van der Waals surface area contributed by atoms with Gasteiger partial charge in [0.1, 0.15) is 36.3 Å². The van der Waals surface area contributed by atoms with Gasteiger partial charge in [-0.15, -0.1) is 0 Å². The van der Waals surface area contributed by atoms with Crippen molar-refractivity contribution in [1.29, 1.82) is 0 Å². The molecule has 0 aliphatic heterocycles. The Bertz CT molecular complexity index is 1440. The maximum atomic E-state index is 13.6. The van der Waals surface area contributed by atoms with Gasteiger partial charge in [0.25, 0.3) is 5.91 Å². The normalized spacial score (nSPS) is 16.5. The maximum Gasteiger partial charge on any atom is 0.306 e. The Labute approximate surface area is 314 Å². The van der Waals surface area contributed by atoms with Gasteiger partial charge >= 0.3 is 11.9 Å². The fraction of sp³-hybridized carbons (Fsp3) is 0.657. The van der Waals surface area contributed by atoms with Crippen LogP contribution in [0.15, 0.2) is 12.7 Å². The van der Waals surface area contributed by atoms with E-state index in [-0.39, 0.29) is 37.7 Å². The molecule has 19 nitrogen and oxygen atoms in total. The molecular weight excluding hydrogens is 710 g/mol. The minimum atomic E-state index is -1.87. The number of carboxylic acids is 1. The first-order valence-electron chi connectivity index (χ1n) is 17.7. The van der Waals surface area contributed by atoms with Crippen LogP contribution in [0.5, 0.6) is 0 Å². The summed E-state index contributed by atoms with van der Waals surface area (Å²) in [5, 5.41) is 23.7. The van der Waals surface area contributed by atoms with Crippen molar-refractivity contribution < 1.29 is 57.8 Å². The van der Waals surface area contributed by atoms with Crippen molar-refractivity contribution in [2.75, 3.05) is 6.61 Å². The number of ether oxygens (including phenoxy) is 1. The zero-order chi connectivity index (χ0) is 41.3. The summed E-state index contributed by atoms with van der Waals surface area (Å²) < 4.78 is 4.79. The lowest BCUT2D eigenvalue weighted by molar-refractivity contribution is -0.144. The van der Waals surface area contributed by atoms with Gasteiger partial charge in [0, 0.05) is 13.3 Å². The molecule has 6 atom stereocenters. The highest BCUT2D eigenvalue weighted by molar-refractivity contribution is 6.38. The van der Waals surface area contributed by atoms with Gasteiger partial charge in [0.05, 0.1) is 12.5 Å². The average Bonchev–Trinajstić information content (AvgIpc) is 3.61. The summed E-state index contributed by atoms with van der Waals surface area (Å²) in [7, 11) is 0. The number of ketones is 1. The molecule has 0 heterocycles. The number of hydrogen-bond donors (Lipinski definition) is 8. The van der Waals surface area contributed by atoms with Crippen molar-refractivity contribution >= 4 is 59.1 Å². The van der Waals surface area contributed by atoms with Crippen LogP contribution in [0.1, 0.15) is 92.9 Å². The molecule has 0 radical (unpaired) electrons. The average molecular weight is 766 g/mol. The highest BCUT2D eigenvalue weighted by Gasteiger charge is 2.41. The second-order valence-electron chi connectivity index (χ2n) is 14.0.